The van der Waals surface area contributed by atoms with E-state index in [1.54, 1.807) is 19.2 Å². The summed E-state index contributed by atoms with van der Waals surface area (Å²) < 4.78 is 35.2. The lowest BCUT2D eigenvalue weighted by Crippen LogP contribution is -2.60. The molecule has 1 aromatic carbocycles. The van der Waals surface area contributed by atoms with Crippen molar-refractivity contribution in [2.75, 3.05) is 20.6 Å². The van der Waals surface area contributed by atoms with Gasteiger partial charge in [-0.3, -0.25) is 4.79 Å². The van der Waals surface area contributed by atoms with Gasteiger partial charge in [0, 0.05) is 12.8 Å². The first kappa shape index (κ1) is 12.0. The molecule has 0 radical (unpaired) electrons. The maximum atomic E-state index is 12.6. The molecule has 0 saturated carbocycles. The Morgan fingerprint density at radius 2 is 2.04 bits per heavy atom. The summed E-state index contributed by atoms with van der Waals surface area (Å²) in [5.41, 5.74) is 0.716. The van der Waals surface area contributed by atoms with E-state index >= 15 is 0 Å². The van der Waals surface area contributed by atoms with Crippen molar-refractivity contribution in [2.45, 2.75) is 49.2 Å². The van der Waals surface area contributed by atoms with Crippen LogP contribution in [0.5, 0.6) is 0 Å². The van der Waals surface area contributed by atoms with Gasteiger partial charge in [0.25, 0.3) is 0 Å². The van der Waals surface area contributed by atoms with Crippen molar-refractivity contribution in [3.63, 3.8) is 0 Å². The van der Waals surface area contributed by atoms with Crippen LogP contribution in [0, 0.1) is 0 Å². The Kier molecular flexibility index (Phi) is 2.76. The molecule has 5 heteroatoms. The number of benzene rings is 1. The van der Waals surface area contributed by atoms with Crippen molar-refractivity contribution in [1.29, 1.82) is 0 Å². The van der Waals surface area contributed by atoms with Crippen molar-refractivity contribution >= 4 is 5.97 Å². The molecule has 3 fully saturated rings. The number of piperidine rings is 1. The zero-order valence-electron chi connectivity index (χ0n) is 16.1. The number of rotatable bonds is 4. The molecule has 1 aromatic rings. The molecule has 0 aromatic heterocycles. The number of nitrogens with zero attached hydrogens (tertiary/aromatic N) is 1. The lowest BCUT2D eigenvalue weighted by Gasteiger charge is -2.45. The summed E-state index contributed by atoms with van der Waals surface area (Å²) >= 11 is 0. The SMILES string of the molecule is [2H]C([2H])([2H])[N+]1(C)C2CC(OC(=O)[C@H](CO)c3ccccc3)CC1C1OC12. The molecule has 3 heterocycles. The second-order valence-corrected chi connectivity index (χ2v) is 7.02. The predicted octanol–water partition coefficient (Wildman–Crippen LogP) is 1.06. The van der Waals surface area contributed by atoms with E-state index in [4.69, 9.17) is 13.6 Å². The lowest BCUT2D eigenvalue weighted by atomic mass is 9.95. The Hall–Kier alpha value is -1.43. The van der Waals surface area contributed by atoms with Crippen LogP contribution in [0.15, 0.2) is 30.3 Å². The van der Waals surface area contributed by atoms with E-state index in [0.29, 0.717) is 18.4 Å². The van der Waals surface area contributed by atoms with Gasteiger partial charge in [-0.1, -0.05) is 30.3 Å². The van der Waals surface area contributed by atoms with Crippen molar-refractivity contribution in [2.24, 2.45) is 0 Å². The molecule has 2 bridgehead atoms. The number of quaternary nitrogens is 1. The number of epoxide rings is 1. The average Bonchev–Trinajstić information content (AvgIpc) is 3.34. The summed E-state index contributed by atoms with van der Waals surface area (Å²) in [5.74, 6) is -1.17. The van der Waals surface area contributed by atoms with Crippen LogP contribution in [-0.4, -0.2) is 66.6 Å². The highest BCUT2D eigenvalue weighted by Gasteiger charge is 2.70. The van der Waals surface area contributed by atoms with Crippen molar-refractivity contribution in [1.82, 2.24) is 0 Å². The first-order chi connectivity index (χ1) is 12.3. The summed E-state index contributed by atoms with van der Waals surface area (Å²) in [5, 5.41) is 9.64. The highest BCUT2D eigenvalue weighted by atomic mass is 16.6. The van der Waals surface area contributed by atoms with Crippen LogP contribution >= 0.6 is 0 Å². The smallest absolute Gasteiger partial charge is 0.316 e. The number of likely N-dealkylation sites (N-methyl/N-ethyl adjacent to an activating group) is 1. The lowest BCUT2D eigenvalue weighted by molar-refractivity contribution is -0.938. The highest BCUT2D eigenvalue weighted by molar-refractivity contribution is 5.78. The van der Waals surface area contributed by atoms with E-state index in [0.717, 1.165) is 0 Å². The van der Waals surface area contributed by atoms with Gasteiger partial charge in [-0.25, -0.2) is 0 Å². The third-order valence-corrected chi connectivity index (χ3v) is 5.66. The average molecular weight is 321 g/mol. The van der Waals surface area contributed by atoms with Gasteiger partial charge in [0.1, 0.15) is 36.3 Å². The summed E-state index contributed by atoms with van der Waals surface area (Å²) in [6.45, 7) is -2.43. The van der Waals surface area contributed by atoms with Gasteiger partial charge in [0.2, 0.25) is 0 Å². The minimum absolute atomic E-state index is 0.00149. The van der Waals surface area contributed by atoms with E-state index < -0.39 is 18.9 Å². The second kappa shape index (κ2) is 5.30. The minimum atomic E-state index is -2.11. The van der Waals surface area contributed by atoms with E-state index in [1.165, 1.54) is 0 Å². The molecule has 0 aliphatic carbocycles. The summed E-state index contributed by atoms with van der Waals surface area (Å²) in [6.07, 6.45) is 0.533. The standard InChI is InChI=1S/C18H24NO4/c1-19(2)14-8-12(9-15(19)17-16(14)23-17)22-18(21)13(10-20)11-6-4-3-5-7-11/h3-7,12-17,20H,8-10H2,1-2H3/q+1/t12?,13-,14?,15?,16?,17?/m1/s1/i1D3/t12?,13-,14?,15?,16?,17?,19?. The van der Waals surface area contributed by atoms with Crippen LogP contribution in [-0.2, 0) is 14.3 Å². The number of esters is 1. The fourth-order valence-electron chi connectivity index (χ4n) is 4.30. The van der Waals surface area contributed by atoms with Crippen molar-refractivity contribution in [3.05, 3.63) is 35.9 Å². The quantitative estimate of drug-likeness (QED) is 0.512. The van der Waals surface area contributed by atoms with E-state index in [1.807, 2.05) is 18.2 Å². The molecule has 3 aliphatic rings. The van der Waals surface area contributed by atoms with Crippen LogP contribution in [0.4, 0.5) is 0 Å². The first-order valence-corrected chi connectivity index (χ1v) is 8.15. The monoisotopic (exact) mass is 321 g/mol. The number of hydrogen-bond donors (Lipinski definition) is 1. The number of aliphatic hydroxyl groups excluding tert-OH is 1. The molecule has 3 aliphatic heterocycles. The molecule has 5 atom stereocenters. The molecule has 1 N–H and O–H groups in total. The van der Waals surface area contributed by atoms with Gasteiger partial charge in [0.15, 0.2) is 0 Å². The molecular formula is C18H24NO4+. The molecule has 23 heavy (non-hydrogen) atoms. The number of ether oxygens (including phenoxy) is 2. The molecule has 4 rings (SSSR count). The first-order valence-electron chi connectivity index (χ1n) is 9.65. The maximum absolute atomic E-state index is 12.6. The van der Waals surface area contributed by atoms with E-state index in [9.17, 15) is 9.90 Å². The van der Waals surface area contributed by atoms with Gasteiger partial charge in [0.05, 0.1) is 24.7 Å². The van der Waals surface area contributed by atoms with E-state index in [2.05, 4.69) is 0 Å². The number of carbonyl (C=O) groups excluding carboxylic acids is 1. The highest BCUT2D eigenvalue weighted by Crippen LogP contribution is 2.51. The van der Waals surface area contributed by atoms with Gasteiger partial charge in [-0.2, -0.15) is 0 Å². The molecule has 0 amide bonds. The molecule has 0 spiro atoms. The largest absolute Gasteiger partial charge is 0.461 e. The number of hydrogen-bond acceptors (Lipinski definition) is 4. The minimum Gasteiger partial charge on any atom is -0.461 e. The van der Waals surface area contributed by atoms with Crippen LogP contribution in [0.2, 0.25) is 0 Å². The third-order valence-electron chi connectivity index (χ3n) is 5.66. The van der Waals surface area contributed by atoms with Gasteiger partial charge in [-0.15, -0.1) is 0 Å². The summed E-state index contributed by atoms with van der Waals surface area (Å²) in [6, 6.07) is 8.69. The number of carbonyl (C=O) groups is 1. The normalized spacial score (nSPS) is 44.4. The summed E-state index contributed by atoms with van der Waals surface area (Å²) in [4.78, 5) is 12.6. The Labute approximate surface area is 140 Å². The zero-order chi connectivity index (χ0) is 18.7. The summed E-state index contributed by atoms with van der Waals surface area (Å²) in [7, 11) is 1.77. The third kappa shape index (κ3) is 2.38. The topological polar surface area (TPSA) is 59.1 Å². The Morgan fingerprint density at radius 1 is 1.39 bits per heavy atom. The van der Waals surface area contributed by atoms with Crippen molar-refractivity contribution in [3.8, 4) is 0 Å². The molecular weight excluding hydrogens is 294 g/mol. The second-order valence-electron chi connectivity index (χ2n) is 7.02. The number of aliphatic hydroxyl groups is 1. The van der Waals surface area contributed by atoms with Gasteiger partial charge >= 0.3 is 5.97 Å². The molecule has 4 unspecified atom stereocenters. The predicted molar refractivity (Wildman–Crippen MR) is 83.7 cm³/mol. The molecule has 3 saturated heterocycles. The number of fused-ring (bicyclic) bond motifs is 5. The molecule has 5 nitrogen and oxygen atoms in total. The molecule has 124 valence electrons. The van der Waals surface area contributed by atoms with Gasteiger partial charge < -0.3 is 19.1 Å². The van der Waals surface area contributed by atoms with Crippen molar-refractivity contribution < 1.29 is 28.0 Å². The fourth-order valence-corrected chi connectivity index (χ4v) is 4.30. The zero-order valence-corrected chi connectivity index (χ0v) is 13.1. The van der Waals surface area contributed by atoms with Gasteiger partial charge in [-0.05, 0) is 5.56 Å². The number of morpholine rings is 1. The fraction of sp³-hybridized carbons (Fsp3) is 0.611. The Morgan fingerprint density at radius 3 is 2.61 bits per heavy atom. The van der Waals surface area contributed by atoms with Crippen LogP contribution < -0.4 is 0 Å². The van der Waals surface area contributed by atoms with Crippen LogP contribution in [0.25, 0.3) is 0 Å². The Bertz CT molecular complexity index is 677. The van der Waals surface area contributed by atoms with Crippen LogP contribution in [0.3, 0.4) is 0 Å². The van der Waals surface area contributed by atoms with E-state index in [-0.39, 0.29) is 41.5 Å². The van der Waals surface area contributed by atoms with Crippen LogP contribution in [0.1, 0.15) is 28.4 Å². The maximum Gasteiger partial charge on any atom is 0.316 e. The Balaban J connectivity index is 1.48.